The largest absolute Gasteiger partial charge is 0.496 e. The van der Waals surface area contributed by atoms with Crippen molar-refractivity contribution < 1.29 is 4.74 Å². The van der Waals surface area contributed by atoms with Crippen molar-refractivity contribution in [2.45, 2.75) is 39.5 Å². The van der Waals surface area contributed by atoms with Gasteiger partial charge in [0.2, 0.25) is 0 Å². The lowest BCUT2D eigenvalue weighted by Crippen LogP contribution is -2.07. The Kier molecular flexibility index (Phi) is 3.45. The van der Waals surface area contributed by atoms with Crippen LogP contribution < -0.4 is 5.73 Å². The molecule has 0 aromatic rings. The highest BCUT2D eigenvalue weighted by atomic mass is 16.5. The molecule has 0 aromatic carbocycles. The first-order valence-corrected chi connectivity index (χ1v) is 4.76. The zero-order valence-corrected chi connectivity index (χ0v) is 8.10. The van der Waals surface area contributed by atoms with E-state index in [1.807, 2.05) is 13.8 Å². The van der Waals surface area contributed by atoms with Crippen molar-refractivity contribution in [1.82, 2.24) is 0 Å². The van der Waals surface area contributed by atoms with Crippen LogP contribution >= 0.6 is 0 Å². The average Bonchev–Trinajstić information content (AvgIpc) is 2.51. The molecule has 0 unspecified atom stereocenters. The minimum Gasteiger partial charge on any atom is -0.496 e. The van der Waals surface area contributed by atoms with Crippen molar-refractivity contribution in [3.63, 3.8) is 0 Å². The molecule has 0 amide bonds. The van der Waals surface area contributed by atoms with Gasteiger partial charge in [-0.3, -0.25) is 0 Å². The van der Waals surface area contributed by atoms with Crippen LogP contribution in [0, 0.1) is 5.92 Å². The summed E-state index contributed by atoms with van der Waals surface area (Å²) in [5.41, 5.74) is 6.37. The molecule has 12 heavy (non-hydrogen) atoms. The summed E-state index contributed by atoms with van der Waals surface area (Å²) in [6.07, 6.45) is 5.41. The standard InChI is InChI=1S/C10H19NO/c1-8(11)9(2)12-7-10-5-3-4-6-10/h10H,3-7,11H2,1-2H3/b9-8-. The van der Waals surface area contributed by atoms with E-state index in [1.165, 1.54) is 25.7 Å². The van der Waals surface area contributed by atoms with Crippen molar-refractivity contribution in [3.05, 3.63) is 11.5 Å². The molecule has 1 aliphatic rings. The minimum absolute atomic E-state index is 0.777. The van der Waals surface area contributed by atoms with Crippen LogP contribution in [-0.4, -0.2) is 6.61 Å². The first-order valence-electron chi connectivity index (χ1n) is 4.76. The second-order valence-electron chi connectivity index (χ2n) is 3.70. The maximum absolute atomic E-state index is 5.58. The molecule has 0 spiro atoms. The molecule has 0 heterocycles. The van der Waals surface area contributed by atoms with Gasteiger partial charge in [0.15, 0.2) is 0 Å². The Labute approximate surface area is 74.8 Å². The molecule has 0 radical (unpaired) electrons. The van der Waals surface area contributed by atoms with Crippen LogP contribution in [-0.2, 0) is 4.74 Å². The van der Waals surface area contributed by atoms with Crippen molar-refractivity contribution >= 4 is 0 Å². The normalized spacial score (nSPS) is 20.8. The Morgan fingerprint density at radius 2 is 1.92 bits per heavy atom. The monoisotopic (exact) mass is 169 g/mol. The van der Waals surface area contributed by atoms with Crippen LogP contribution in [0.3, 0.4) is 0 Å². The number of rotatable bonds is 3. The van der Waals surface area contributed by atoms with E-state index in [4.69, 9.17) is 10.5 Å². The summed E-state index contributed by atoms with van der Waals surface area (Å²) in [7, 11) is 0. The molecule has 1 saturated carbocycles. The van der Waals surface area contributed by atoms with Crippen LogP contribution in [0.1, 0.15) is 39.5 Å². The smallest absolute Gasteiger partial charge is 0.111 e. The average molecular weight is 169 g/mol. The number of ether oxygens (including phenoxy) is 1. The third-order valence-electron chi connectivity index (χ3n) is 2.57. The molecule has 70 valence electrons. The van der Waals surface area contributed by atoms with Crippen molar-refractivity contribution in [1.29, 1.82) is 0 Å². The molecule has 2 heteroatoms. The van der Waals surface area contributed by atoms with Gasteiger partial charge in [-0.25, -0.2) is 0 Å². The second-order valence-corrected chi connectivity index (χ2v) is 3.70. The van der Waals surface area contributed by atoms with E-state index in [2.05, 4.69) is 0 Å². The van der Waals surface area contributed by atoms with Gasteiger partial charge in [0, 0.05) is 5.70 Å². The third kappa shape index (κ3) is 2.76. The van der Waals surface area contributed by atoms with Gasteiger partial charge in [-0.15, -0.1) is 0 Å². The lowest BCUT2D eigenvalue weighted by Gasteiger charge is -2.12. The Hall–Kier alpha value is -0.660. The van der Waals surface area contributed by atoms with Gasteiger partial charge in [0.1, 0.15) is 5.76 Å². The fourth-order valence-electron chi connectivity index (χ4n) is 1.53. The second kappa shape index (κ2) is 4.39. The predicted molar refractivity (Wildman–Crippen MR) is 50.5 cm³/mol. The Morgan fingerprint density at radius 3 is 2.42 bits per heavy atom. The topological polar surface area (TPSA) is 35.2 Å². The van der Waals surface area contributed by atoms with E-state index in [0.29, 0.717) is 0 Å². The van der Waals surface area contributed by atoms with Gasteiger partial charge in [-0.05, 0) is 32.6 Å². The summed E-state index contributed by atoms with van der Waals surface area (Å²) in [5.74, 6) is 1.67. The van der Waals surface area contributed by atoms with Gasteiger partial charge >= 0.3 is 0 Å². The molecule has 2 nitrogen and oxygen atoms in total. The molecule has 0 bridgehead atoms. The maximum atomic E-state index is 5.58. The summed E-state index contributed by atoms with van der Waals surface area (Å²) < 4.78 is 5.54. The zero-order valence-electron chi connectivity index (χ0n) is 8.10. The van der Waals surface area contributed by atoms with Crippen LogP contribution in [0.15, 0.2) is 11.5 Å². The lowest BCUT2D eigenvalue weighted by atomic mass is 10.1. The van der Waals surface area contributed by atoms with E-state index in [1.54, 1.807) is 0 Å². The van der Waals surface area contributed by atoms with Gasteiger partial charge in [-0.1, -0.05) is 12.8 Å². The van der Waals surface area contributed by atoms with Crippen LogP contribution in [0.5, 0.6) is 0 Å². The molecule has 1 rings (SSSR count). The fourth-order valence-corrected chi connectivity index (χ4v) is 1.53. The van der Waals surface area contributed by atoms with Gasteiger partial charge < -0.3 is 10.5 Å². The van der Waals surface area contributed by atoms with E-state index in [-0.39, 0.29) is 0 Å². The van der Waals surface area contributed by atoms with Gasteiger partial charge in [-0.2, -0.15) is 0 Å². The highest BCUT2D eigenvalue weighted by Gasteiger charge is 2.15. The highest BCUT2D eigenvalue weighted by molar-refractivity contribution is 4.97. The zero-order chi connectivity index (χ0) is 8.97. The summed E-state index contributed by atoms with van der Waals surface area (Å²) in [6, 6.07) is 0. The van der Waals surface area contributed by atoms with E-state index < -0.39 is 0 Å². The molecule has 0 aliphatic heterocycles. The summed E-state index contributed by atoms with van der Waals surface area (Å²) >= 11 is 0. The first kappa shape index (κ1) is 9.43. The number of hydrogen-bond acceptors (Lipinski definition) is 2. The number of hydrogen-bond donors (Lipinski definition) is 1. The van der Waals surface area contributed by atoms with E-state index >= 15 is 0 Å². The molecule has 2 N–H and O–H groups in total. The quantitative estimate of drug-likeness (QED) is 0.658. The van der Waals surface area contributed by atoms with E-state index in [9.17, 15) is 0 Å². The predicted octanol–water partition coefficient (Wildman–Crippen LogP) is 2.40. The molecule has 1 aliphatic carbocycles. The van der Waals surface area contributed by atoms with Crippen molar-refractivity contribution in [3.8, 4) is 0 Å². The fraction of sp³-hybridized carbons (Fsp3) is 0.800. The molecular formula is C10H19NO. The van der Waals surface area contributed by atoms with Crippen LogP contribution in [0.4, 0.5) is 0 Å². The Bertz CT molecular complexity index is 165. The maximum Gasteiger partial charge on any atom is 0.111 e. The molecule has 0 aromatic heterocycles. The Morgan fingerprint density at radius 1 is 1.33 bits per heavy atom. The Balaban J connectivity index is 2.20. The van der Waals surface area contributed by atoms with Crippen molar-refractivity contribution in [2.75, 3.05) is 6.61 Å². The van der Waals surface area contributed by atoms with Crippen LogP contribution in [0.25, 0.3) is 0 Å². The first-order chi connectivity index (χ1) is 5.70. The molecule has 1 fully saturated rings. The van der Waals surface area contributed by atoms with E-state index in [0.717, 1.165) is 24.0 Å². The van der Waals surface area contributed by atoms with Gasteiger partial charge in [0.25, 0.3) is 0 Å². The third-order valence-corrected chi connectivity index (χ3v) is 2.57. The highest BCUT2D eigenvalue weighted by Crippen LogP contribution is 2.25. The number of allylic oxidation sites excluding steroid dienone is 2. The summed E-state index contributed by atoms with van der Waals surface area (Å²) in [4.78, 5) is 0. The van der Waals surface area contributed by atoms with Crippen molar-refractivity contribution in [2.24, 2.45) is 11.7 Å². The van der Waals surface area contributed by atoms with Gasteiger partial charge in [0.05, 0.1) is 6.61 Å². The minimum atomic E-state index is 0.777. The summed E-state index contributed by atoms with van der Waals surface area (Å²) in [6.45, 7) is 4.68. The molecular weight excluding hydrogens is 150 g/mol. The SMILES string of the molecule is C/C(N)=C(\C)OCC1CCCC1. The van der Waals surface area contributed by atoms with Crippen LogP contribution in [0.2, 0.25) is 0 Å². The number of nitrogens with two attached hydrogens (primary N) is 1. The molecule has 0 atom stereocenters. The molecule has 0 saturated heterocycles. The summed E-state index contributed by atoms with van der Waals surface area (Å²) in [5, 5.41) is 0. The lowest BCUT2D eigenvalue weighted by molar-refractivity contribution is 0.165.